The van der Waals surface area contributed by atoms with E-state index in [9.17, 15) is 0 Å². The molecule has 0 saturated carbocycles. The zero-order chi connectivity index (χ0) is 7.02. The fraction of sp³-hybridized carbons (Fsp3) is 0. The molecule has 0 unspecified atom stereocenters. The molecule has 0 saturated heterocycles. The maximum Gasteiger partial charge on any atom is 0.113 e. The molecule has 2 N–H and O–H groups in total. The Balaban J connectivity index is 3.29. The van der Waals surface area contributed by atoms with Gasteiger partial charge >= 0.3 is 0 Å². The minimum absolute atomic E-state index is 0.0694. The third kappa shape index (κ3) is 0.360. The van der Waals surface area contributed by atoms with Crippen molar-refractivity contribution in [3.8, 4) is 0 Å². The molecule has 1 aromatic rings. The molecule has 1 heterocycles. The van der Waals surface area contributed by atoms with Crippen LogP contribution in [-0.4, -0.2) is 0 Å². The van der Waals surface area contributed by atoms with Gasteiger partial charge in [0, 0.05) is 0 Å². The van der Waals surface area contributed by atoms with Gasteiger partial charge in [0.1, 0.15) is 8.98 Å². The van der Waals surface area contributed by atoms with Gasteiger partial charge in [-0.05, 0) is 6.04 Å². The first-order valence-corrected chi connectivity index (χ1v) is 1.45. The maximum atomic E-state index is 6.94. The van der Waals surface area contributed by atoms with Crippen molar-refractivity contribution in [2.75, 3.05) is 5.73 Å². The lowest BCUT2D eigenvalue weighted by atomic mass is 10.6. The van der Waals surface area contributed by atoms with Gasteiger partial charge in [-0.2, -0.15) is 0 Å². The molecule has 0 fully saturated rings. The quantitative estimate of drug-likeness (QED) is 0.508. The van der Waals surface area contributed by atoms with Crippen LogP contribution < -0.4 is 5.73 Å². The van der Waals surface area contributed by atoms with Crippen LogP contribution in [0.15, 0.2) is 22.9 Å². The van der Waals surface area contributed by atoms with Crippen molar-refractivity contribution >= 4 is 5.69 Å². The molecule has 0 spiro atoms. The highest BCUT2D eigenvalue weighted by atomic mass is 16.3. The van der Waals surface area contributed by atoms with Gasteiger partial charge in [-0.1, -0.05) is 0 Å². The van der Waals surface area contributed by atoms with E-state index in [4.69, 9.17) is 9.85 Å². The highest BCUT2D eigenvalue weighted by molar-refractivity contribution is 5.30. The molecule has 0 aliphatic rings. The average Bonchev–Trinajstić information content (AvgIpc) is 1.98. The summed E-state index contributed by atoms with van der Waals surface area (Å²) in [6.45, 7) is 0. The first-order chi connectivity index (χ1) is 4.13. The maximum absolute atomic E-state index is 6.94. The van der Waals surface area contributed by atoms with E-state index in [-0.39, 0.29) is 24.2 Å². The Morgan fingerprint density at radius 3 is 3.00 bits per heavy atom. The van der Waals surface area contributed by atoms with Crippen molar-refractivity contribution in [1.29, 1.82) is 0 Å². The molecule has 1 aromatic heterocycles. The van der Waals surface area contributed by atoms with Crippen LogP contribution >= 0.6 is 0 Å². The van der Waals surface area contributed by atoms with E-state index >= 15 is 0 Å². The Bertz CT molecular complexity index is 209. The van der Waals surface area contributed by atoms with E-state index in [1.165, 1.54) is 0 Å². The second-order valence-electron chi connectivity index (χ2n) is 0.845. The number of rotatable bonds is 0. The predicted molar refractivity (Wildman–Crippen MR) is 23.1 cm³/mol. The molecule has 0 aliphatic carbocycles. The highest BCUT2D eigenvalue weighted by Crippen LogP contribution is 1.97. The second-order valence-corrected chi connectivity index (χ2v) is 0.845. The molecular weight excluding hydrogens is 78.0 g/mol. The summed E-state index contributed by atoms with van der Waals surface area (Å²) in [6.07, 6.45) is -0.650. The largest absolute Gasteiger partial charge is 0.470 e. The highest BCUT2D eigenvalue weighted by Gasteiger charge is 1.76. The molecule has 0 bridgehead atoms. The lowest BCUT2D eigenvalue weighted by Crippen LogP contribution is -1.74. The summed E-state index contributed by atoms with van der Waals surface area (Å²) in [5.74, 6) is 0. The van der Waals surface area contributed by atoms with Gasteiger partial charge in [-0.25, -0.2) is 0 Å². The van der Waals surface area contributed by atoms with E-state index < -0.39 is 0 Å². The summed E-state index contributed by atoms with van der Waals surface area (Å²) in [7, 11) is 0. The van der Waals surface area contributed by atoms with Gasteiger partial charge < -0.3 is 10.2 Å². The van der Waals surface area contributed by atoms with E-state index in [0.717, 1.165) is 0 Å². The molecular formula is C4H5NO. The number of hydrogen-bond acceptors (Lipinski definition) is 2. The second kappa shape index (κ2) is 1.05. The van der Waals surface area contributed by atoms with Crippen molar-refractivity contribution in [2.24, 2.45) is 0 Å². The normalized spacial score (nSPS) is 15.7. The summed E-state index contributed by atoms with van der Waals surface area (Å²) in [6, 6.07) is -0.208. The molecule has 0 aromatic carbocycles. The number of hydrogen-bond donors (Lipinski definition) is 1. The molecule has 0 atom stereocenters. The molecule has 2 heteroatoms. The van der Waals surface area contributed by atoms with Crippen LogP contribution in [0, 0.1) is 0 Å². The van der Waals surface area contributed by atoms with Crippen molar-refractivity contribution in [3.63, 3.8) is 0 Å². The lowest BCUT2D eigenvalue weighted by Gasteiger charge is -1.66. The third-order valence-electron chi connectivity index (χ3n) is 0.398. The van der Waals surface area contributed by atoms with Crippen LogP contribution in [-0.2, 0) is 0 Å². The van der Waals surface area contributed by atoms with E-state index in [1.54, 1.807) is 0 Å². The fourth-order valence-electron chi connectivity index (χ4n) is 0.187. The van der Waals surface area contributed by atoms with Gasteiger partial charge in [0.05, 0.1) is 13.3 Å². The number of furan rings is 1. The van der Waals surface area contributed by atoms with Crippen molar-refractivity contribution < 1.29 is 8.53 Å². The Morgan fingerprint density at radius 2 is 2.83 bits per heavy atom. The molecule has 6 heavy (non-hydrogen) atoms. The predicted octanol–water partition coefficient (Wildman–Crippen LogP) is 0.862. The third-order valence-corrected chi connectivity index (χ3v) is 0.398. The summed E-state index contributed by atoms with van der Waals surface area (Å²) in [5.41, 5.74) is 5.04. The van der Waals surface area contributed by atoms with Gasteiger partial charge in [0.15, 0.2) is 0 Å². The Hall–Kier alpha value is -0.920. The van der Waals surface area contributed by atoms with Crippen LogP contribution in [0.3, 0.4) is 0 Å². The van der Waals surface area contributed by atoms with Gasteiger partial charge in [-0.15, -0.1) is 0 Å². The van der Waals surface area contributed by atoms with Gasteiger partial charge in [0.25, 0.3) is 0 Å². The number of nitrogen functional groups attached to an aromatic ring is 1. The SMILES string of the molecule is [2H]c1oc([2H])c(N)c1[2H]. The fourth-order valence-corrected chi connectivity index (χ4v) is 0.187. The number of nitrogens with two attached hydrogens (primary N) is 1. The number of anilines is 1. The first-order valence-electron chi connectivity index (χ1n) is 2.95. The Morgan fingerprint density at radius 1 is 2.00 bits per heavy atom. The smallest absolute Gasteiger partial charge is 0.113 e. The summed E-state index contributed by atoms with van der Waals surface area (Å²) in [4.78, 5) is 0. The lowest BCUT2D eigenvalue weighted by molar-refractivity contribution is 0.568. The van der Waals surface area contributed by atoms with Crippen molar-refractivity contribution in [1.82, 2.24) is 0 Å². The standard InChI is InChI=1S/C4H5NO/c5-4-1-2-6-3-4/h1-3H,5H2/i1D,2D,3D. The minimum Gasteiger partial charge on any atom is -0.470 e. The molecule has 0 radical (unpaired) electrons. The van der Waals surface area contributed by atoms with E-state index in [2.05, 4.69) is 4.42 Å². The van der Waals surface area contributed by atoms with Gasteiger partial charge in [-0.3, -0.25) is 0 Å². The van der Waals surface area contributed by atoms with Crippen molar-refractivity contribution in [2.45, 2.75) is 0 Å². The van der Waals surface area contributed by atoms with Gasteiger partial charge in [0.2, 0.25) is 0 Å². The summed E-state index contributed by atoms with van der Waals surface area (Å²) >= 11 is 0. The Labute approximate surface area is 39.8 Å². The topological polar surface area (TPSA) is 39.2 Å². The summed E-state index contributed by atoms with van der Waals surface area (Å²) < 4.78 is 25.0. The average molecular weight is 86.1 g/mol. The molecule has 0 amide bonds. The van der Waals surface area contributed by atoms with E-state index in [0.29, 0.717) is 0 Å². The van der Waals surface area contributed by atoms with Crippen LogP contribution in [0.25, 0.3) is 0 Å². The van der Waals surface area contributed by atoms with E-state index in [1.807, 2.05) is 0 Å². The van der Waals surface area contributed by atoms with Crippen LogP contribution in [0.2, 0.25) is 0 Å². The molecule has 1 rings (SSSR count). The van der Waals surface area contributed by atoms with Crippen LogP contribution in [0.5, 0.6) is 0 Å². The zero-order valence-electron chi connectivity index (χ0n) is 5.99. The molecule has 0 aliphatic heterocycles. The monoisotopic (exact) mass is 86.1 g/mol. The Kier molecular flexibility index (Phi) is 0.226. The summed E-state index contributed by atoms with van der Waals surface area (Å²) in [5, 5.41) is 0. The molecule has 2 nitrogen and oxygen atoms in total. The van der Waals surface area contributed by atoms with Crippen LogP contribution in [0.1, 0.15) is 4.11 Å². The van der Waals surface area contributed by atoms with Crippen molar-refractivity contribution in [3.05, 3.63) is 18.5 Å². The van der Waals surface area contributed by atoms with Crippen LogP contribution in [0.4, 0.5) is 5.69 Å². The first kappa shape index (κ1) is 1.30. The zero-order valence-corrected chi connectivity index (χ0v) is 2.99. The minimum atomic E-state index is -0.350. The molecule has 32 valence electrons.